The van der Waals surface area contributed by atoms with E-state index in [0.717, 1.165) is 37.9 Å². The second-order valence-electron chi connectivity index (χ2n) is 8.36. The lowest BCUT2D eigenvalue weighted by atomic mass is 10.0. The van der Waals surface area contributed by atoms with E-state index in [4.69, 9.17) is 4.52 Å². The van der Waals surface area contributed by atoms with Crippen LogP contribution in [-0.2, 0) is 11.2 Å². The maximum Gasteiger partial charge on any atom is 0.227 e. The van der Waals surface area contributed by atoms with Crippen molar-refractivity contribution in [2.24, 2.45) is 0 Å². The summed E-state index contributed by atoms with van der Waals surface area (Å²) in [5, 5.41) is 16.3. The fourth-order valence-corrected chi connectivity index (χ4v) is 3.86. The van der Waals surface area contributed by atoms with E-state index in [1.165, 1.54) is 12.0 Å². The smallest absolute Gasteiger partial charge is 0.227 e. The Kier molecular flexibility index (Phi) is 8.39. The molecule has 164 valence electrons. The van der Waals surface area contributed by atoms with Gasteiger partial charge in [0, 0.05) is 31.0 Å². The number of hydrogen-bond acceptors (Lipinski definition) is 6. The van der Waals surface area contributed by atoms with Crippen LogP contribution in [0.5, 0.6) is 0 Å². The standard InChI is InChI=1S/C23H34N4O3/c1-17(2)18-7-9-19(10-8-18)23-25-22(30-26-23)12-11-21(29)24-13-3-4-14-27-15-5-6-20(27)16-28/h7-10,17,20,28H,3-6,11-16H2,1-2H3,(H,24,29)/t20-/m0/s1. The average molecular weight is 415 g/mol. The van der Waals surface area contributed by atoms with Gasteiger partial charge in [-0.25, -0.2) is 0 Å². The van der Waals surface area contributed by atoms with Crippen LogP contribution in [0.2, 0.25) is 0 Å². The first kappa shape index (κ1) is 22.4. The van der Waals surface area contributed by atoms with Gasteiger partial charge in [0.15, 0.2) is 0 Å². The zero-order valence-corrected chi connectivity index (χ0v) is 18.1. The molecule has 0 bridgehead atoms. The molecule has 2 heterocycles. The van der Waals surface area contributed by atoms with Crippen molar-refractivity contribution in [3.8, 4) is 11.4 Å². The second-order valence-corrected chi connectivity index (χ2v) is 8.36. The number of aliphatic hydroxyl groups excluding tert-OH is 1. The monoisotopic (exact) mass is 414 g/mol. The van der Waals surface area contributed by atoms with Gasteiger partial charge in [0.25, 0.3) is 0 Å². The molecule has 7 heteroatoms. The number of aliphatic hydroxyl groups is 1. The molecule has 0 saturated carbocycles. The Morgan fingerprint density at radius 2 is 2.10 bits per heavy atom. The molecule has 3 rings (SSSR count). The van der Waals surface area contributed by atoms with Gasteiger partial charge in [-0.2, -0.15) is 4.98 Å². The number of aromatic nitrogens is 2. The van der Waals surface area contributed by atoms with Crippen LogP contribution in [0.15, 0.2) is 28.8 Å². The van der Waals surface area contributed by atoms with Gasteiger partial charge in [0.1, 0.15) is 0 Å². The maximum atomic E-state index is 12.1. The summed E-state index contributed by atoms with van der Waals surface area (Å²) in [6.07, 6.45) is 5.01. The van der Waals surface area contributed by atoms with Gasteiger partial charge in [-0.3, -0.25) is 9.69 Å². The van der Waals surface area contributed by atoms with Crippen LogP contribution in [-0.4, -0.2) is 58.3 Å². The molecule has 2 aromatic rings. The van der Waals surface area contributed by atoms with Crippen LogP contribution in [0.25, 0.3) is 11.4 Å². The number of aryl methyl sites for hydroxylation is 1. The number of nitrogens with one attached hydrogen (secondary N) is 1. The summed E-state index contributed by atoms with van der Waals surface area (Å²) in [5.41, 5.74) is 2.19. The number of carbonyl (C=O) groups is 1. The Morgan fingerprint density at radius 3 is 2.83 bits per heavy atom. The highest BCUT2D eigenvalue weighted by Crippen LogP contribution is 2.21. The van der Waals surface area contributed by atoms with Gasteiger partial charge in [0.05, 0.1) is 6.61 Å². The molecule has 1 aromatic carbocycles. The van der Waals surface area contributed by atoms with Crippen molar-refractivity contribution >= 4 is 5.91 Å². The van der Waals surface area contributed by atoms with Crippen LogP contribution in [0.1, 0.15) is 63.3 Å². The summed E-state index contributed by atoms with van der Waals surface area (Å²) in [6.45, 7) is 7.31. The van der Waals surface area contributed by atoms with E-state index >= 15 is 0 Å². The van der Waals surface area contributed by atoms with Crippen molar-refractivity contribution in [2.75, 3.05) is 26.2 Å². The van der Waals surface area contributed by atoms with E-state index in [2.05, 4.69) is 46.3 Å². The molecule has 2 N–H and O–H groups in total. The summed E-state index contributed by atoms with van der Waals surface area (Å²) >= 11 is 0. The van der Waals surface area contributed by atoms with Crippen LogP contribution < -0.4 is 5.32 Å². The number of likely N-dealkylation sites (tertiary alicyclic amines) is 1. The highest BCUT2D eigenvalue weighted by Gasteiger charge is 2.22. The number of nitrogens with zero attached hydrogens (tertiary/aromatic N) is 3. The first-order valence-electron chi connectivity index (χ1n) is 11.1. The third-order valence-corrected chi connectivity index (χ3v) is 5.77. The molecule has 0 unspecified atom stereocenters. The fourth-order valence-electron chi connectivity index (χ4n) is 3.86. The van der Waals surface area contributed by atoms with E-state index in [-0.39, 0.29) is 12.5 Å². The zero-order chi connectivity index (χ0) is 21.3. The first-order chi connectivity index (χ1) is 14.6. The number of amides is 1. The van der Waals surface area contributed by atoms with Crippen molar-refractivity contribution in [1.82, 2.24) is 20.4 Å². The van der Waals surface area contributed by atoms with Gasteiger partial charge in [-0.15, -0.1) is 0 Å². The van der Waals surface area contributed by atoms with Gasteiger partial charge < -0.3 is 14.9 Å². The minimum atomic E-state index is 0.00504. The Hall–Kier alpha value is -2.25. The predicted molar refractivity (Wildman–Crippen MR) is 116 cm³/mol. The minimum Gasteiger partial charge on any atom is -0.395 e. The molecule has 0 spiro atoms. The molecule has 7 nitrogen and oxygen atoms in total. The van der Waals surface area contributed by atoms with Gasteiger partial charge in [-0.1, -0.05) is 43.3 Å². The number of unbranched alkanes of at least 4 members (excludes halogenated alkanes) is 1. The third kappa shape index (κ3) is 6.37. The quantitative estimate of drug-likeness (QED) is 0.549. The summed E-state index contributed by atoms with van der Waals surface area (Å²) in [7, 11) is 0. The van der Waals surface area contributed by atoms with Crippen LogP contribution in [0.3, 0.4) is 0 Å². The highest BCUT2D eigenvalue weighted by molar-refractivity contribution is 5.75. The Labute approximate surface area is 178 Å². The summed E-state index contributed by atoms with van der Waals surface area (Å²) in [6, 6.07) is 8.49. The van der Waals surface area contributed by atoms with E-state index in [1.54, 1.807) is 0 Å². The summed E-state index contributed by atoms with van der Waals surface area (Å²) in [4.78, 5) is 18.8. The zero-order valence-electron chi connectivity index (χ0n) is 18.1. The van der Waals surface area contributed by atoms with Crippen molar-refractivity contribution in [1.29, 1.82) is 0 Å². The molecule has 1 aromatic heterocycles. The van der Waals surface area contributed by atoms with E-state index in [0.29, 0.717) is 43.1 Å². The lowest BCUT2D eigenvalue weighted by Crippen LogP contribution is -2.33. The van der Waals surface area contributed by atoms with Crippen molar-refractivity contribution in [3.05, 3.63) is 35.7 Å². The summed E-state index contributed by atoms with van der Waals surface area (Å²) in [5.74, 6) is 1.53. The normalized spacial score (nSPS) is 17.0. The average Bonchev–Trinajstić information content (AvgIpc) is 3.41. The maximum absolute atomic E-state index is 12.1. The van der Waals surface area contributed by atoms with E-state index in [1.807, 2.05) is 12.1 Å². The van der Waals surface area contributed by atoms with E-state index < -0.39 is 0 Å². The minimum absolute atomic E-state index is 0.00504. The molecule has 1 saturated heterocycles. The Morgan fingerprint density at radius 1 is 1.30 bits per heavy atom. The lowest BCUT2D eigenvalue weighted by Gasteiger charge is -2.22. The van der Waals surface area contributed by atoms with Crippen molar-refractivity contribution in [2.45, 2.75) is 64.3 Å². The number of benzene rings is 1. The topological polar surface area (TPSA) is 91.5 Å². The number of carbonyl (C=O) groups excluding carboxylic acids is 1. The Balaban J connectivity index is 1.33. The van der Waals surface area contributed by atoms with Crippen LogP contribution in [0, 0.1) is 0 Å². The second kappa shape index (κ2) is 11.2. The highest BCUT2D eigenvalue weighted by atomic mass is 16.5. The fraction of sp³-hybridized carbons (Fsp3) is 0.609. The van der Waals surface area contributed by atoms with Gasteiger partial charge >= 0.3 is 0 Å². The molecule has 0 radical (unpaired) electrons. The Bertz CT molecular complexity index is 788. The molecule has 1 fully saturated rings. The number of rotatable bonds is 11. The first-order valence-corrected chi connectivity index (χ1v) is 11.1. The third-order valence-electron chi connectivity index (χ3n) is 5.77. The van der Waals surface area contributed by atoms with Crippen LogP contribution in [0.4, 0.5) is 0 Å². The molecule has 0 aliphatic carbocycles. The van der Waals surface area contributed by atoms with Crippen molar-refractivity contribution < 1.29 is 14.4 Å². The van der Waals surface area contributed by atoms with Crippen LogP contribution >= 0.6 is 0 Å². The molecule has 1 aliphatic rings. The largest absolute Gasteiger partial charge is 0.395 e. The van der Waals surface area contributed by atoms with E-state index in [9.17, 15) is 9.90 Å². The molecular formula is C23H34N4O3. The number of hydrogen-bond donors (Lipinski definition) is 2. The molecule has 1 amide bonds. The summed E-state index contributed by atoms with van der Waals surface area (Å²) < 4.78 is 5.30. The van der Waals surface area contributed by atoms with Gasteiger partial charge in [-0.05, 0) is 50.3 Å². The molecule has 30 heavy (non-hydrogen) atoms. The molecular weight excluding hydrogens is 380 g/mol. The molecule has 1 atom stereocenters. The lowest BCUT2D eigenvalue weighted by molar-refractivity contribution is -0.121. The SMILES string of the molecule is CC(C)c1ccc(-c2noc(CCC(=O)NCCCCN3CCC[C@H]3CO)n2)cc1. The molecule has 1 aliphatic heterocycles. The van der Waals surface area contributed by atoms with Crippen molar-refractivity contribution in [3.63, 3.8) is 0 Å². The van der Waals surface area contributed by atoms with Gasteiger partial charge in [0.2, 0.25) is 17.6 Å². The predicted octanol–water partition coefficient (Wildman–Crippen LogP) is 3.15.